The molecule has 0 unspecified atom stereocenters. The first kappa shape index (κ1) is 22.7. The Morgan fingerprint density at radius 1 is 1.15 bits per heavy atom. The summed E-state index contributed by atoms with van der Waals surface area (Å²) in [6.07, 6.45) is 1.33. The highest BCUT2D eigenvalue weighted by atomic mass is 32.1. The van der Waals surface area contributed by atoms with Gasteiger partial charge in [0.1, 0.15) is 17.1 Å². The molecule has 170 valence electrons. The number of hydrogen-bond acceptors (Lipinski definition) is 8. The van der Waals surface area contributed by atoms with Gasteiger partial charge in [0.25, 0.3) is 11.5 Å². The van der Waals surface area contributed by atoms with Gasteiger partial charge in [-0.15, -0.1) is 22.7 Å². The third kappa shape index (κ3) is 5.12. The van der Waals surface area contributed by atoms with Crippen molar-refractivity contribution in [2.45, 2.75) is 13.1 Å². The van der Waals surface area contributed by atoms with Crippen LogP contribution in [0.15, 0.2) is 58.3 Å². The molecule has 0 fully saturated rings. The van der Waals surface area contributed by atoms with Gasteiger partial charge in [0.2, 0.25) is 0 Å². The highest BCUT2D eigenvalue weighted by Crippen LogP contribution is 2.33. The molecule has 0 aliphatic carbocycles. The van der Waals surface area contributed by atoms with Crippen molar-refractivity contribution in [3.63, 3.8) is 0 Å². The summed E-state index contributed by atoms with van der Waals surface area (Å²) >= 11 is 2.91. The molecule has 0 spiro atoms. The van der Waals surface area contributed by atoms with Crippen molar-refractivity contribution in [3.05, 3.63) is 69.4 Å². The van der Waals surface area contributed by atoms with Crippen molar-refractivity contribution >= 4 is 44.8 Å². The highest BCUT2D eigenvalue weighted by Gasteiger charge is 2.17. The average molecular weight is 484 g/mol. The summed E-state index contributed by atoms with van der Waals surface area (Å²) in [6, 6.07) is 11.2. The molecule has 0 N–H and O–H groups in total. The van der Waals surface area contributed by atoms with E-state index in [2.05, 4.69) is 4.98 Å². The SMILES string of the molecule is COc1ccc(CN(C)C(=O)COC(=O)Cn2cnc3scc(-c4cccs4)c3c2=O)cc1. The Labute approximate surface area is 197 Å². The Morgan fingerprint density at radius 2 is 1.94 bits per heavy atom. The molecule has 10 heteroatoms. The van der Waals surface area contributed by atoms with Gasteiger partial charge in [0.15, 0.2) is 6.61 Å². The van der Waals surface area contributed by atoms with Crippen molar-refractivity contribution in [3.8, 4) is 16.2 Å². The molecule has 0 aliphatic rings. The number of esters is 1. The van der Waals surface area contributed by atoms with E-state index in [-0.39, 0.29) is 18.0 Å². The molecular formula is C23H21N3O5S2. The Balaban J connectivity index is 1.37. The average Bonchev–Trinajstić information content (AvgIpc) is 3.50. The molecule has 0 atom stereocenters. The molecule has 0 aliphatic heterocycles. The zero-order chi connectivity index (χ0) is 23.4. The van der Waals surface area contributed by atoms with Crippen molar-refractivity contribution in [1.82, 2.24) is 14.5 Å². The summed E-state index contributed by atoms with van der Waals surface area (Å²) in [5, 5.41) is 4.31. The third-order valence-electron chi connectivity index (χ3n) is 5.01. The van der Waals surface area contributed by atoms with Crippen LogP contribution < -0.4 is 10.3 Å². The highest BCUT2D eigenvalue weighted by molar-refractivity contribution is 7.18. The van der Waals surface area contributed by atoms with Crippen LogP contribution in [0.1, 0.15) is 5.56 Å². The van der Waals surface area contributed by atoms with Gasteiger partial charge < -0.3 is 14.4 Å². The summed E-state index contributed by atoms with van der Waals surface area (Å²) < 4.78 is 11.5. The minimum Gasteiger partial charge on any atom is -0.497 e. The monoisotopic (exact) mass is 483 g/mol. The standard InChI is InChI=1S/C23H21N3O5S2/c1-25(10-15-5-7-16(30-2)8-6-15)19(27)12-31-20(28)11-26-14-24-22-21(23(26)29)17(13-33-22)18-4-3-9-32-18/h3-9,13-14H,10-12H2,1-2H3. The van der Waals surface area contributed by atoms with E-state index in [1.54, 1.807) is 14.2 Å². The molecule has 8 nitrogen and oxygen atoms in total. The minimum absolute atomic E-state index is 0.315. The number of carbonyl (C=O) groups is 2. The second kappa shape index (κ2) is 9.97. The molecule has 3 heterocycles. The smallest absolute Gasteiger partial charge is 0.326 e. The van der Waals surface area contributed by atoms with E-state index in [9.17, 15) is 14.4 Å². The maximum Gasteiger partial charge on any atom is 0.326 e. The number of thiophene rings is 2. The predicted molar refractivity (Wildman–Crippen MR) is 128 cm³/mol. The Morgan fingerprint density at radius 3 is 2.64 bits per heavy atom. The van der Waals surface area contributed by atoms with E-state index in [1.165, 1.54) is 38.5 Å². The molecule has 0 saturated heterocycles. The van der Waals surface area contributed by atoms with Crippen LogP contribution in [0, 0.1) is 0 Å². The summed E-state index contributed by atoms with van der Waals surface area (Å²) in [5.41, 5.74) is 1.41. The number of methoxy groups -OCH3 is 1. The summed E-state index contributed by atoms with van der Waals surface area (Å²) in [6.45, 7) is -0.365. The van der Waals surface area contributed by atoms with Crippen molar-refractivity contribution in [1.29, 1.82) is 0 Å². The van der Waals surface area contributed by atoms with Gasteiger partial charge in [-0.2, -0.15) is 0 Å². The zero-order valence-corrected chi connectivity index (χ0v) is 19.6. The predicted octanol–water partition coefficient (Wildman–Crippen LogP) is 3.40. The number of aromatic nitrogens is 2. The van der Waals surface area contributed by atoms with Crippen LogP contribution in [0.2, 0.25) is 0 Å². The molecule has 4 aromatic rings. The first-order chi connectivity index (χ1) is 16.0. The van der Waals surface area contributed by atoms with E-state index in [0.29, 0.717) is 16.8 Å². The van der Waals surface area contributed by atoms with Crippen molar-refractivity contribution in [2.24, 2.45) is 0 Å². The molecule has 1 amide bonds. The fourth-order valence-electron chi connectivity index (χ4n) is 3.22. The molecule has 4 rings (SSSR count). The number of fused-ring (bicyclic) bond motifs is 1. The van der Waals surface area contributed by atoms with Gasteiger partial charge in [-0.25, -0.2) is 4.98 Å². The number of amides is 1. The maximum absolute atomic E-state index is 13.0. The van der Waals surface area contributed by atoms with E-state index in [0.717, 1.165) is 21.8 Å². The molecule has 3 aromatic heterocycles. The van der Waals surface area contributed by atoms with E-state index >= 15 is 0 Å². The summed E-state index contributed by atoms with van der Waals surface area (Å²) in [7, 11) is 3.22. The largest absolute Gasteiger partial charge is 0.497 e. The van der Waals surface area contributed by atoms with Crippen LogP contribution in [-0.4, -0.2) is 47.1 Å². The number of nitrogens with zero attached hydrogens (tertiary/aromatic N) is 3. The second-order valence-electron chi connectivity index (χ2n) is 7.24. The maximum atomic E-state index is 13.0. The van der Waals surface area contributed by atoms with Gasteiger partial charge in [0.05, 0.1) is 18.8 Å². The first-order valence-electron chi connectivity index (χ1n) is 9.99. The van der Waals surface area contributed by atoms with Gasteiger partial charge in [-0.1, -0.05) is 18.2 Å². The lowest BCUT2D eigenvalue weighted by molar-refractivity contribution is -0.152. The van der Waals surface area contributed by atoms with Gasteiger partial charge in [-0.3, -0.25) is 19.0 Å². The molecular weight excluding hydrogens is 462 g/mol. The lowest BCUT2D eigenvalue weighted by Gasteiger charge is -2.17. The number of ether oxygens (including phenoxy) is 2. The van der Waals surface area contributed by atoms with Gasteiger partial charge in [0, 0.05) is 29.4 Å². The van der Waals surface area contributed by atoms with Crippen molar-refractivity contribution < 1.29 is 19.1 Å². The molecule has 33 heavy (non-hydrogen) atoms. The Bertz CT molecular complexity index is 1330. The Kier molecular flexibility index (Phi) is 6.85. The number of hydrogen-bond donors (Lipinski definition) is 0. The number of rotatable bonds is 8. The van der Waals surface area contributed by atoms with Gasteiger partial charge in [-0.05, 0) is 29.1 Å². The fourth-order valence-corrected chi connectivity index (χ4v) is 4.94. The van der Waals surface area contributed by atoms with Crippen LogP contribution in [-0.2, 0) is 27.4 Å². The third-order valence-corrected chi connectivity index (χ3v) is 6.80. The van der Waals surface area contributed by atoms with E-state index < -0.39 is 12.6 Å². The van der Waals surface area contributed by atoms with Crippen molar-refractivity contribution in [2.75, 3.05) is 20.8 Å². The van der Waals surface area contributed by atoms with Crippen LogP contribution in [0.25, 0.3) is 20.7 Å². The molecule has 1 aromatic carbocycles. The van der Waals surface area contributed by atoms with E-state index in [4.69, 9.17) is 9.47 Å². The van der Waals surface area contributed by atoms with Gasteiger partial charge >= 0.3 is 5.97 Å². The number of likely N-dealkylation sites (N-methyl/N-ethyl adjacent to an activating group) is 1. The number of benzene rings is 1. The van der Waals surface area contributed by atoms with Crippen LogP contribution in [0.5, 0.6) is 5.75 Å². The summed E-state index contributed by atoms with van der Waals surface area (Å²) in [5.74, 6) is -0.301. The quantitative estimate of drug-likeness (QED) is 0.357. The van der Waals surface area contributed by atoms with Crippen LogP contribution >= 0.6 is 22.7 Å². The Hall–Kier alpha value is -3.50. The molecule has 0 bridgehead atoms. The number of carbonyl (C=O) groups excluding carboxylic acids is 2. The lowest BCUT2D eigenvalue weighted by atomic mass is 10.2. The molecule has 0 radical (unpaired) electrons. The van der Waals surface area contributed by atoms with Crippen LogP contribution in [0.4, 0.5) is 0 Å². The van der Waals surface area contributed by atoms with Crippen LogP contribution in [0.3, 0.4) is 0 Å². The lowest BCUT2D eigenvalue weighted by Crippen LogP contribution is -2.32. The fraction of sp³-hybridized carbons (Fsp3) is 0.217. The normalized spacial score (nSPS) is 10.8. The topological polar surface area (TPSA) is 90.7 Å². The zero-order valence-electron chi connectivity index (χ0n) is 18.0. The minimum atomic E-state index is -0.683. The van der Waals surface area contributed by atoms with E-state index in [1.807, 2.05) is 47.2 Å². The molecule has 0 saturated carbocycles. The second-order valence-corrected chi connectivity index (χ2v) is 9.05. The first-order valence-corrected chi connectivity index (χ1v) is 11.7. The summed E-state index contributed by atoms with van der Waals surface area (Å²) in [4.78, 5) is 45.0.